The predicted molar refractivity (Wildman–Crippen MR) is 118 cm³/mol. The molecule has 1 amide bonds. The van der Waals surface area contributed by atoms with Gasteiger partial charge in [0.2, 0.25) is 5.91 Å². The first-order chi connectivity index (χ1) is 14.2. The minimum Gasteiger partial charge on any atom is -0.369 e. The Morgan fingerprint density at radius 3 is 2.55 bits per heavy atom. The van der Waals surface area contributed by atoms with Gasteiger partial charge in [-0.15, -0.1) is 0 Å². The maximum absolute atomic E-state index is 11.9. The highest BCUT2D eigenvalue weighted by Crippen LogP contribution is 2.28. The van der Waals surface area contributed by atoms with Crippen LogP contribution in [-0.4, -0.2) is 49.6 Å². The van der Waals surface area contributed by atoms with E-state index in [1.807, 2.05) is 0 Å². The number of aryl methyl sites for hydroxylation is 1. The lowest BCUT2D eigenvalue weighted by molar-refractivity contribution is -0.122. The molecule has 0 radical (unpaired) electrons. The monoisotopic (exact) mass is 396 g/mol. The summed E-state index contributed by atoms with van der Waals surface area (Å²) in [6.45, 7) is 7.96. The third kappa shape index (κ3) is 6.75. The summed E-state index contributed by atoms with van der Waals surface area (Å²) in [6.07, 6.45) is 7.59. The van der Waals surface area contributed by atoms with Crippen LogP contribution in [0.4, 0.5) is 5.69 Å². The fourth-order valence-electron chi connectivity index (χ4n) is 4.72. The van der Waals surface area contributed by atoms with Gasteiger partial charge in [0.25, 0.3) is 0 Å². The largest absolute Gasteiger partial charge is 0.369 e. The molecule has 0 spiro atoms. The quantitative estimate of drug-likeness (QED) is 0.678. The Kier molecular flexibility index (Phi) is 8.37. The summed E-state index contributed by atoms with van der Waals surface area (Å²) in [7, 11) is 0. The maximum atomic E-state index is 11.9. The zero-order valence-electron chi connectivity index (χ0n) is 17.9. The Morgan fingerprint density at radius 1 is 1.14 bits per heavy atom. The van der Waals surface area contributed by atoms with E-state index in [0.717, 1.165) is 44.9 Å². The van der Waals surface area contributed by atoms with E-state index in [1.54, 1.807) is 0 Å². The van der Waals surface area contributed by atoms with Crippen LogP contribution in [0, 0.1) is 24.2 Å². The van der Waals surface area contributed by atoms with E-state index >= 15 is 0 Å². The van der Waals surface area contributed by atoms with Gasteiger partial charge in [-0.25, -0.2) is 0 Å². The fraction of sp³-hybridized carbons (Fsp3) is 0.667. The first-order valence-electron chi connectivity index (χ1n) is 11.3. The molecule has 1 aliphatic carbocycles. The highest BCUT2D eigenvalue weighted by Gasteiger charge is 2.24. The zero-order chi connectivity index (χ0) is 20.5. The van der Waals surface area contributed by atoms with Crippen molar-refractivity contribution < 1.29 is 4.79 Å². The van der Waals surface area contributed by atoms with E-state index < -0.39 is 0 Å². The predicted octanol–water partition coefficient (Wildman–Crippen LogP) is 3.88. The number of nitrogens with one attached hydrogen (secondary N) is 1. The second kappa shape index (κ2) is 11.2. The Bertz CT molecular complexity index is 682. The number of para-hydroxylation sites is 1. The zero-order valence-corrected chi connectivity index (χ0v) is 17.9. The van der Waals surface area contributed by atoms with Gasteiger partial charge in [0, 0.05) is 50.7 Å². The number of amides is 1. The molecule has 5 heteroatoms. The Hall–Kier alpha value is -2.06. The van der Waals surface area contributed by atoms with Crippen molar-refractivity contribution in [3.8, 4) is 6.07 Å². The van der Waals surface area contributed by atoms with Crippen molar-refractivity contribution >= 4 is 11.6 Å². The molecular weight excluding hydrogens is 360 g/mol. The van der Waals surface area contributed by atoms with Crippen molar-refractivity contribution in [2.45, 2.75) is 64.3 Å². The second-order valence-electron chi connectivity index (χ2n) is 8.70. The van der Waals surface area contributed by atoms with E-state index in [9.17, 15) is 4.79 Å². The van der Waals surface area contributed by atoms with Crippen LogP contribution in [0.5, 0.6) is 0 Å². The molecule has 5 nitrogen and oxygen atoms in total. The first kappa shape index (κ1) is 21.6. The van der Waals surface area contributed by atoms with Gasteiger partial charge in [-0.3, -0.25) is 9.69 Å². The van der Waals surface area contributed by atoms with Crippen molar-refractivity contribution in [2.24, 2.45) is 5.92 Å². The normalized spacial score (nSPS) is 22.8. The summed E-state index contributed by atoms with van der Waals surface area (Å²) in [4.78, 5) is 17.1. The van der Waals surface area contributed by atoms with Crippen LogP contribution in [0.1, 0.15) is 56.9 Å². The maximum Gasteiger partial charge on any atom is 0.220 e. The molecule has 1 aromatic carbocycles. The van der Waals surface area contributed by atoms with Crippen molar-refractivity contribution in [1.29, 1.82) is 5.26 Å². The van der Waals surface area contributed by atoms with E-state index in [4.69, 9.17) is 5.26 Å². The minimum absolute atomic E-state index is 0.121. The Balaban J connectivity index is 1.30. The van der Waals surface area contributed by atoms with Crippen LogP contribution in [0.25, 0.3) is 0 Å². The number of benzene rings is 1. The highest BCUT2D eigenvalue weighted by atomic mass is 16.1. The average molecular weight is 397 g/mol. The van der Waals surface area contributed by atoms with Crippen molar-refractivity contribution in [3.05, 3.63) is 29.8 Å². The van der Waals surface area contributed by atoms with Crippen LogP contribution in [0.15, 0.2) is 24.3 Å². The number of hydrogen-bond donors (Lipinski definition) is 1. The fourth-order valence-corrected chi connectivity index (χ4v) is 4.72. The van der Waals surface area contributed by atoms with Gasteiger partial charge < -0.3 is 10.2 Å². The van der Waals surface area contributed by atoms with E-state index in [1.165, 1.54) is 37.1 Å². The number of nitriles is 1. The van der Waals surface area contributed by atoms with Gasteiger partial charge >= 0.3 is 0 Å². The van der Waals surface area contributed by atoms with Crippen molar-refractivity contribution in [1.82, 2.24) is 10.2 Å². The SMILES string of the molecule is Cc1ccccc1N1CCN(CC[C@H]2CC[C@H](NC(=O)CCCC#N)CC2)CC1. The first-order valence-corrected chi connectivity index (χ1v) is 11.3. The van der Waals surface area contributed by atoms with E-state index in [0.29, 0.717) is 25.3 Å². The smallest absolute Gasteiger partial charge is 0.220 e. The van der Waals surface area contributed by atoms with Gasteiger partial charge in [-0.05, 0) is 69.5 Å². The Labute approximate surface area is 176 Å². The lowest BCUT2D eigenvalue weighted by Gasteiger charge is -2.38. The molecule has 1 heterocycles. The molecule has 1 aliphatic heterocycles. The molecule has 2 aliphatic rings. The number of rotatable bonds is 8. The van der Waals surface area contributed by atoms with Gasteiger partial charge in [0.1, 0.15) is 0 Å². The molecule has 0 atom stereocenters. The molecule has 29 heavy (non-hydrogen) atoms. The Morgan fingerprint density at radius 2 is 1.86 bits per heavy atom. The summed E-state index contributed by atoms with van der Waals surface area (Å²) in [5, 5.41) is 11.7. The molecule has 1 saturated heterocycles. The van der Waals surface area contributed by atoms with Gasteiger partial charge in [-0.2, -0.15) is 5.26 Å². The number of carbonyl (C=O) groups excluding carboxylic acids is 1. The third-order valence-electron chi connectivity index (χ3n) is 6.59. The van der Waals surface area contributed by atoms with Gasteiger partial charge in [0.05, 0.1) is 6.07 Å². The van der Waals surface area contributed by atoms with E-state index in [2.05, 4.69) is 52.4 Å². The summed E-state index contributed by atoms with van der Waals surface area (Å²) in [5.41, 5.74) is 2.76. The van der Waals surface area contributed by atoms with Crippen LogP contribution >= 0.6 is 0 Å². The number of anilines is 1. The van der Waals surface area contributed by atoms with Crippen LogP contribution < -0.4 is 10.2 Å². The average Bonchev–Trinajstić information content (AvgIpc) is 2.74. The molecule has 158 valence electrons. The molecule has 3 rings (SSSR count). The van der Waals surface area contributed by atoms with E-state index in [-0.39, 0.29) is 5.91 Å². The molecule has 1 N–H and O–H groups in total. The topological polar surface area (TPSA) is 59.4 Å². The highest BCUT2D eigenvalue weighted by molar-refractivity contribution is 5.76. The molecular formula is C24H36N4O. The molecule has 0 bridgehead atoms. The van der Waals surface area contributed by atoms with Gasteiger partial charge in [-0.1, -0.05) is 18.2 Å². The number of piperazine rings is 1. The summed E-state index contributed by atoms with van der Waals surface area (Å²) in [5.74, 6) is 0.923. The number of unbranched alkanes of at least 4 members (excludes halogenated alkanes) is 1. The van der Waals surface area contributed by atoms with Crippen LogP contribution in [-0.2, 0) is 4.79 Å². The molecule has 0 aromatic heterocycles. The molecule has 1 saturated carbocycles. The van der Waals surface area contributed by atoms with Gasteiger partial charge in [0.15, 0.2) is 0 Å². The lowest BCUT2D eigenvalue weighted by Crippen LogP contribution is -2.47. The standard InChI is InChI=1S/C24H36N4O/c1-20-6-2-3-7-23(20)28-18-16-27(17-19-28)15-13-21-9-11-22(12-10-21)26-24(29)8-4-5-14-25/h2-3,6-7,21-22H,4-5,8-13,15-19H2,1H3,(H,26,29)/t21-,22-. The number of carbonyl (C=O) groups is 1. The molecule has 0 unspecified atom stereocenters. The minimum atomic E-state index is 0.121. The summed E-state index contributed by atoms with van der Waals surface area (Å²) >= 11 is 0. The molecule has 1 aromatic rings. The van der Waals surface area contributed by atoms with Crippen molar-refractivity contribution in [2.75, 3.05) is 37.6 Å². The van der Waals surface area contributed by atoms with Crippen LogP contribution in [0.3, 0.4) is 0 Å². The summed E-state index contributed by atoms with van der Waals surface area (Å²) < 4.78 is 0. The van der Waals surface area contributed by atoms with Crippen LogP contribution in [0.2, 0.25) is 0 Å². The number of nitrogens with zero attached hydrogens (tertiary/aromatic N) is 3. The summed E-state index contributed by atoms with van der Waals surface area (Å²) in [6, 6.07) is 11.1. The lowest BCUT2D eigenvalue weighted by atomic mass is 9.84. The second-order valence-corrected chi connectivity index (χ2v) is 8.70. The molecule has 2 fully saturated rings. The van der Waals surface area contributed by atoms with Crippen molar-refractivity contribution in [3.63, 3.8) is 0 Å². The third-order valence-corrected chi connectivity index (χ3v) is 6.59. The number of hydrogen-bond acceptors (Lipinski definition) is 4.